The van der Waals surface area contributed by atoms with E-state index in [9.17, 15) is 8.42 Å². The number of hydrogen-bond acceptors (Lipinski definition) is 5. The average molecular weight is 309 g/mol. The first-order chi connectivity index (χ1) is 10.0. The van der Waals surface area contributed by atoms with E-state index in [1.54, 1.807) is 38.2 Å². The summed E-state index contributed by atoms with van der Waals surface area (Å²) in [6.07, 6.45) is 0. The van der Waals surface area contributed by atoms with Crippen LogP contribution in [0.1, 0.15) is 6.92 Å². The minimum Gasteiger partial charge on any atom is -0.395 e. The summed E-state index contributed by atoms with van der Waals surface area (Å²) in [6, 6.07) is 8.47. The number of hydrogen-bond donors (Lipinski definition) is 2. The van der Waals surface area contributed by atoms with Gasteiger partial charge in [0.05, 0.1) is 17.0 Å². The van der Waals surface area contributed by atoms with Gasteiger partial charge in [0, 0.05) is 25.5 Å². The van der Waals surface area contributed by atoms with Crippen molar-refractivity contribution in [2.24, 2.45) is 0 Å². The molecule has 114 valence electrons. The fourth-order valence-electron chi connectivity index (χ4n) is 2.11. The van der Waals surface area contributed by atoms with Crippen LogP contribution in [0.3, 0.4) is 0 Å². The molecule has 0 bridgehead atoms. The lowest BCUT2D eigenvalue weighted by atomic mass is 10.2. The fourth-order valence-corrected chi connectivity index (χ4v) is 3.59. The minimum absolute atomic E-state index is 0.0911. The van der Waals surface area contributed by atoms with Crippen LogP contribution < -0.4 is 5.32 Å². The summed E-state index contributed by atoms with van der Waals surface area (Å²) in [4.78, 5) is 4.57. The van der Waals surface area contributed by atoms with Crippen molar-refractivity contribution in [1.82, 2.24) is 9.29 Å². The van der Waals surface area contributed by atoms with Gasteiger partial charge in [-0.3, -0.25) is 0 Å². The summed E-state index contributed by atoms with van der Waals surface area (Å²) in [5.41, 5.74) is 0.728. The predicted molar refractivity (Wildman–Crippen MR) is 82.8 cm³/mol. The molecule has 0 unspecified atom stereocenters. The number of likely N-dealkylation sites (N-methyl/N-ethyl adjacent to an activating group) is 1. The monoisotopic (exact) mass is 309 g/mol. The minimum atomic E-state index is -3.59. The van der Waals surface area contributed by atoms with Gasteiger partial charge in [-0.1, -0.05) is 6.92 Å². The molecule has 0 aliphatic heterocycles. The summed E-state index contributed by atoms with van der Waals surface area (Å²) in [5, 5.41) is 12.7. The Morgan fingerprint density at radius 3 is 2.67 bits per heavy atom. The second-order valence-electron chi connectivity index (χ2n) is 4.52. The largest absolute Gasteiger partial charge is 0.395 e. The van der Waals surface area contributed by atoms with Crippen molar-refractivity contribution >= 4 is 26.7 Å². The van der Waals surface area contributed by atoms with Crippen LogP contribution in [-0.2, 0) is 10.0 Å². The predicted octanol–water partition coefficient (Wildman–Crippen LogP) is 1.28. The molecule has 2 rings (SSSR count). The number of aliphatic hydroxyl groups is 1. The summed E-state index contributed by atoms with van der Waals surface area (Å²) in [7, 11) is -1.81. The number of nitrogens with one attached hydrogen (secondary N) is 1. The third kappa shape index (κ3) is 3.15. The van der Waals surface area contributed by atoms with Gasteiger partial charge in [-0.2, -0.15) is 4.31 Å². The van der Waals surface area contributed by atoms with E-state index in [1.807, 2.05) is 6.07 Å². The van der Waals surface area contributed by atoms with E-state index in [0.29, 0.717) is 6.54 Å². The molecule has 21 heavy (non-hydrogen) atoms. The van der Waals surface area contributed by atoms with Crippen LogP contribution in [0.4, 0.5) is 5.82 Å². The highest BCUT2D eigenvalue weighted by Crippen LogP contribution is 2.22. The number of aliphatic hydroxyl groups excluding tert-OH is 1. The maximum absolute atomic E-state index is 12.5. The smallest absolute Gasteiger partial charge is 0.243 e. The van der Waals surface area contributed by atoms with E-state index in [4.69, 9.17) is 5.11 Å². The zero-order valence-electron chi connectivity index (χ0n) is 12.1. The van der Waals surface area contributed by atoms with Crippen molar-refractivity contribution in [3.8, 4) is 0 Å². The van der Waals surface area contributed by atoms with Crippen molar-refractivity contribution in [2.75, 3.05) is 32.1 Å². The van der Waals surface area contributed by atoms with Crippen molar-refractivity contribution in [3.63, 3.8) is 0 Å². The van der Waals surface area contributed by atoms with Gasteiger partial charge in [0.25, 0.3) is 0 Å². The lowest BCUT2D eigenvalue weighted by Crippen LogP contribution is -2.33. The highest BCUT2D eigenvalue weighted by molar-refractivity contribution is 7.89. The Kier molecular flexibility index (Phi) is 4.76. The van der Waals surface area contributed by atoms with Gasteiger partial charge in [0.1, 0.15) is 5.82 Å². The van der Waals surface area contributed by atoms with Crippen molar-refractivity contribution < 1.29 is 13.5 Å². The van der Waals surface area contributed by atoms with Gasteiger partial charge in [-0.15, -0.1) is 0 Å². The molecule has 0 amide bonds. The van der Waals surface area contributed by atoms with E-state index in [1.165, 1.54) is 4.31 Å². The lowest BCUT2D eigenvalue weighted by Gasteiger charge is -2.19. The number of fused-ring (bicyclic) bond motifs is 1. The molecule has 2 N–H and O–H groups in total. The maximum atomic E-state index is 12.5. The second kappa shape index (κ2) is 6.38. The summed E-state index contributed by atoms with van der Waals surface area (Å²) in [5.74, 6) is 0.730. The van der Waals surface area contributed by atoms with Crippen molar-refractivity contribution in [3.05, 3.63) is 30.3 Å². The van der Waals surface area contributed by atoms with Gasteiger partial charge in [-0.25, -0.2) is 13.4 Å². The normalized spacial score (nSPS) is 12.0. The number of pyridine rings is 1. The summed E-state index contributed by atoms with van der Waals surface area (Å²) in [6.45, 7) is 1.95. The Balaban J connectivity index is 2.47. The van der Waals surface area contributed by atoms with Crippen molar-refractivity contribution in [1.29, 1.82) is 0 Å². The Morgan fingerprint density at radius 1 is 1.29 bits per heavy atom. The van der Waals surface area contributed by atoms with Gasteiger partial charge in [-0.05, 0) is 30.3 Å². The highest BCUT2D eigenvalue weighted by atomic mass is 32.2. The molecular formula is C14H19N3O3S. The maximum Gasteiger partial charge on any atom is 0.243 e. The van der Waals surface area contributed by atoms with Crippen LogP contribution in [0.15, 0.2) is 35.2 Å². The molecule has 0 aliphatic rings. The van der Waals surface area contributed by atoms with Gasteiger partial charge in [0.2, 0.25) is 10.0 Å². The van der Waals surface area contributed by atoms with Crippen LogP contribution in [0.2, 0.25) is 0 Å². The Labute approximate surface area is 124 Å². The van der Waals surface area contributed by atoms with E-state index in [-0.39, 0.29) is 18.0 Å². The first kappa shape index (κ1) is 15.7. The Hall–Kier alpha value is -1.70. The zero-order valence-corrected chi connectivity index (χ0v) is 12.9. The molecule has 6 nitrogen and oxygen atoms in total. The molecule has 0 saturated carbocycles. The van der Waals surface area contributed by atoms with E-state index in [2.05, 4.69) is 10.3 Å². The number of benzene rings is 1. The number of rotatable bonds is 6. The van der Waals surface area contributed by atoms with E-state index >= 15 is 0 Å². The molecule has 0 atom stereocenters. The fraction of sp³-hybridized carbons (Fsp3) is 0.357. The van der Waals surface area contributed by atoms with Gasteiger partial charge < -0.3 is 10.4 Å². The molecule has 0 fully saturated rings. The molecule has 0 radical (unpaired) electrons. The average Bonchev–Trinajstić information content (AvgIpc) is 2.51. The highest BCUT2D eigenvalue weighted by Gasteiger charge is 2.22. The quantitative estimate of drug-likeness (QED) is 0.840. The van der Waals surface area contributed by atoms with Crippen LogP contribution >= 0.6 is 0 Å². The number of aromatic nitrogens is 1. The molecule has 1 aromatic carbocycles. The molecule has 1 aromatic heterocycles. The van der Waals surface area contributed by atoms with E-state index < -0.39 is 10.0 Å². The molecule has 7 heteroatoms. The van der Waals surface area contributed by atoms with Crippen LogP contribution in [0.25, 0.3) is 10.9 Å². The number of anilines is 1. The Bertz CT molecular complexity index is 731. The third-order valence-electron chi connectivity index (χ3n) is 3.26. The zero-order chi connectivity index (χ0) is 15.5. The van der Waals surface area contributed by atoms with E-state index in [0.717, 1.165) is 16.7 Å². The molecular weight excluding hydrogens is 290 g/mol. The van der Waals surface area contributed by atoms with Crippen LogP contribution in [0.5, 0.6) is 0 Å². The molecule has 0 spiro atoms. The first-order valence-electron chi connectivity index (χ1n) is 6.72. The second-order valence-corrected chi connectivity index (χ2v) is 6.46. The molecule has 1 heterocycles. The SMILES string of the molecule is CCN(CCO)S(=O)(=O)c1ccc2nc(NC)ccc2c1. The van der Waals surface area contributed by atoms with Crippen LogP contribution in [0, 0.1) is 0 Å². The molecule has 0 aliphatic carbocycles. The van der Waals surface area contributed by atoms with Gasteiger partial charge >= 0.3 is 0 Å². The Morgan fingerprint density at radius 2 is 2.05 bits per heavy atom. The van der Waals surface area contributed by atoms with Crippen molar-refractivity contribution in [2.45, 2.75) is 11.8 Å². The molecule has 0 saturated heterocycles. The number of sulfonamides is 1. The number of nitrogens with zero attached hydrogens (tertiary/aromatic N) is 2. The van der Waals surface area contributed by atoms with Crippen LogP contribution in [-0.4, -0.2) is 49.6 Å². The molecule has 2 aromatic rings. The lowest BCUT2D eigenvalue weighted by molar-refractivity contribution is 0.257. The van der Waals surface area contributed by atoms with Gasteiger partial charge in [0.15, 0.2) is 0 Å². The summed E-state index contributed by atoms with van der Waals surface area (Å²) >= 11 is 0. The third-order valence-corrected chi connectivity index (χ3v) is 5.23. The first-order valence-corrected chi connectivity index (χ1v) is 8.16. The standard InChI is InChI=1S/C14H19N3O3S/c1-3-17(8-9-18)21(19,20)12-5-6-13-11(10-12)4-7-14(15-2)16-13/h4-7,10,18H,3,8-9H2,1-2H3,(H,15,16). The summed E-state index contributed by atoms with van der Waals surface area (Å²) < 4.78 is 26.3. The topological polar surface area (TPSA) is 82.5 Å².